The number of hydrogen-bond acceptors (Lipinski definition) is 5. The van der Waals surface area contributed by atoms with Crippen molar-refractivity contribution < 1.29 is 8.95 Å². The van der Waals surface area contributed by atoms with Gasteiger partial charge in [-0.25, -0.2) is 9.19 Å². The number of methoxy groups -OCH3 is 1. The molecule has 154 valence electrons. The largest absolute Gasteiger partial charge is 0.495 e. The first-order valence-corrected chi connectivity index (χ1v) is 11.3. The number of para-hydroxylation sites is 1. The molecule has 0 radical (unpaired) electrons. The Balaban J connectivity index is 1.95. The monoisotopic (exact) mass is 429 g/mol. The summed E-state index contributed by atoms with van der Waals surface area (Å²) in [5.74, 6) is 0.586. The maximum atomic E-state index is 13.1. The molecule has 2 aromatic carbocycles. The molecule has 0 aliphatic heterocycles. The van der Waals surface area contributed by atoms with Crippen molar-refractivity contribution >= 4 is 33.1 Å². The number of ether oxygens (including phenoxy) is 1. The van der Waals surface area contributed by atoms with Crippen molar-refractivity contribution in [3.8, 4) is 16.2 Å². The average Bonchev–Trinajstić information content (AvgIpc) is 3.01. The molecule has 3 rings (SSSR count). The van der Waals surface area contributed by atoms with Crippen LogP contribution < -0.4 is 14.8 Å². The summed E-state index contributed by atoms with van der Waals surface area (Å²) in [6.07, 6.45) is 0. The van der Waals surface area contributed by atoms with Gasteiger partial charge in [-0.3, -0.25) is 0 Å². The fourth-order valence-corrected chi connectivity index (χ4v) is 5.12. The van der Waals surface area contributed by atoms with Crippen LogP contribution in [0, 0.1) is 13.8 Å². The van der Waals surface area contributed by atoms with E-state index < -0.39 is 11.0 Å². The highest BCUT2D eigenvalue weighted by Crippen LogP contribution is 2.37. The van der Waals surface area contributed by atoms with Gasteiger partial charge in [-0.05, 0) is 70.0 Å². The van der Waals surface area contributed by atoms with Crippen molar-refractivity contribution in [2.45, 2.75) is 45.1 Å². The highest BCUT2D eigenvalue weighted by molar-refractivity contribution is 7.86. The summed E-state index contributed by atoms with van der Waals surface area (Å²) < 4.78 is 21.7. The Hall–Kier alpha value is -2.38. The first kappa shape index (κ1) is 21.3. The van der Waals surface area contributed by atoms with E-state index in [0.717, 1.165) is 32.5 Å². The lowest BCUT2D eigenvalue weighted by Gasteiger charge is -2.19. The van der Waals surface area contributed by atoms with Crippen molar-refractivity contribution in [1.82, 2.24) is 4.98 Å². The molecule has 0 amide bonds. The third-order valence-corrected chi connectivity index (χ3v) is 6.50. The van der Waals surface area contributed by atoms with Crippen LogP contribution >= 0.6 is 11.3 Å². The van der Waals surface area contributed by atoms with Gasteiger partial charge >= 0.3 is 0 Å². The minimum atomic E-state index is -1.46. The van der Waals surface area contributed by atoms with Crippen LogP contribution in [0.1, 0.15) is 32.0 Å². The van der Waals surface area contributed by atoms with E-state index in [4.69, 9.17) is 4.74 Å². The SMILES string of the molecule is COc1ccc(-c2sc(NC(C)(C)C)nc2C)cc1S(=O)Nc1ccccc1C. The molecule has 1 heterocycles. The maximum absolute atomic E-state index is 13.1. The van der Waals surface area contributed by atoms with E-state index in [-0.39, 0.29) is 5.54 Å². The zero-order chi connectivity index (χ0) is 21.2. The topological polar surface area (TPSA) is 63.2 Å². The normalized spacial score (nSPS) is 12.5. The highest BCUT2D eigenvalue weighted by Gasteiger charge is 2.18. The van der Waals surface area contributed by atoms with Gasteiger partial charge in [0.1, 0.15) is 10.6 Å². The molecule has 3 aromatic rings. The number of rotatable bonds is 6. The summed E-state index contributed by atoms with van der Waals surface area (Å²) in [4.78, 5) is 6.31. The maximum Gasteiger partial charge on any atom is 0.183 e. The van der Waals surface area contributed by atoms with Gasteiger partial charge in [-0.2, -0.15) is 0 Å². The molecule has 7 heteroatoms. The van der Waals surface area contributed by atoms with E-state index >= 15 is 0 Å². The van der Waals surface area contributed by atoms with Crippen LogP contribution in [0.25, 0.3) is 10.4 Å². The van der Waals surface area contributed by atoms with Crippen LogP contribution in [0.5, 0.6) is 5.75 Å². The van der Waals surface area contributed by atoms with Crippen LogP contribution in [-0.4, -0.2) is 21.8 Å². The van der Waals surface area contributed by atoms with Crippen LogP contribution in [0.3, 0.4) is 0 Å². The Labute approximate surface area is 179 Å². The molecule has 0 bridgehead atoms. The first-order valence-electron chi connectivity index (χ1n) is 9.36. The Morgan fingerprint density at radius 2 is 1.83 bits per heavy atom. The molecule has 1 atom stereocenters. The predicted octanol–water partition coefficient (Wildman–Crippen LogP) is 5.78. The summed E-state index contributed by atoms with van der Waals surface area (Å²) in [5, 5.41) is 4.30. The number of nitrogens with zero attached hydrogens (tertiary/aromatic N) is 1. The van der Waals surface area contributed by atoms with Crippen LogP contribution in [-0.2, 0) is 11.0 Å². The molecule has 1 aromatic heterocycles. The molecule has 0 aliphatic rings. The summed E-state index contributed by atoms with van der Waals surface area (Å²) in [6, 6.07) is 13.5. The lowest BCUT2D eigenvalue weighted by molar-refractivity contribution is 0.404. The van der Waals surface area contributed by atoms with Gasteiger partial charge in [-0.15, -0.1) is 0 Å². The van der Waals surface area contributed by atoms with Gasteiger partial charge in [0.25, 0.3) is 0 Å². The molecule has 29 heavy (non-hydrogen) atoms. The van der Waals surface area contributed by atoms with Gasteiger partial charge in [-0.1, -0.05) is 29.5 Å². The smallest absolute Gasteiger partial charge is 0.183 e. The summed E-state index contributed by atoms with van der Waals surface area (Å²) in [5.41, 5.74) is 3.72. The Bertz CT molecular complexity index is 1040. The van der Waals surface area contributed by atoms with Gasteiger partial charge in [0.2, 0.25) is 0 Å². The molecule has 5 nitrogen and oxygen atoms in total. The van der Waals surface area contributed by atoms with E-state index in [0.29, 0.717) is 10.6 Å². The van der Waals surface area contributed by atoms with Gasteiger partial charge in [0, 0.05) is 11.2 Å². The van der Waals surface area contributed by atoms with E-state index in [1.807, 2.05) is 56.3 Å². The van der Waals surface area contributed by atoms with Crippen molar-refractivity contribution in [3.63, 3.8) is 0 Å². The van der Waals surface area contributed by atoms with E-state index in [1.165, 1.54) is 0 Å². The predicted molar refractivity (Wildman–Crippen MR) is 123 cm³/mol. The molecule has 0 saturated carbocycles. The molecule has 0 saturated heterocycles. The van der Waals surface area contributed by atoms with Crippen LogP contribution in [0.15, 0.2) is 47.4 Å². The average molecular weight is 430 g/mol. The van der Waals surface area contributed by atoms with Crippen molar-refractivity contribution in [3.05, 3.63) is 53.7 Å². The number of nitrogens with one attached hydrogen (secondary N) is 2. The van der Waals surface area contributed by atoms with Gasteiger partial charge in [0.05, 0.1) is 17.7 Å². The second-order valence-corrected chi connectivity index (χ2v) is 10.0. The summed E-state index contributed by atoms with van der Waals surface area (Å²) in [7, 11) is 0.128. The first-order chi connectivity index (χ1) is 13.7. The minimum Gasteiger partial charge on any atom is -0.495 e. The van der Waals surface area contributed by atoms with Crippen molar-refractivity contribution in [2.75, 3.05) is 17.1 Å². The summed E-state index contributed by atoms with van der Waals surface area (Å²) >= 11 is 1.60. The minimum absolute atomic E-state index is 0.0639. The Morgan fingerprint density at radius 3 is 2.48 bits per heavy atom. The summed E-state index contributed by atoms with van der Waals surface area (Å²) in [6.45, 7) is 10.3. The van der Waals surface area contributed by atoms with Crippen LogP contribution in [0.2, 0.25) is 0 Å². The third-order valence-electron chi connectivity index (χ3n) is 4.25. The lowest BCUT2D eigenvalue weighted by atomic mass is 10.1. The van der Waals surface area contributed by atoms with Crippen molar-refractivity contribution in [1.29, 1.82) is 0 Å². The molecule has 1 unspecified atom stereocenters. The molecular weight excluding hydrogens is 402 g/mol. The molecule has 0 aliphatic carbocycles. The number of benzene rings is 2. The number of aryl methyl sites for hydroxylation is 2. The second kappa shape index (κ2) is 8.55. The molecule has 0 spiro atoms. The molecule has 0 fully saturated rings. The standard InChI is InChI=1S/C22H27N3O2S2/c1-14-9-7-8-10-17(14)25-29(26)19-13-16(11-12-18(19)27-6)20-15(2)23-21(28-20)24-22(3,4)5/h7-13,25H,1-6H3,(H,23,24). The van der Waals surface area contributed by atoms with E-state index in [2.05, 4.69) is 35.8 Å². The third kappa shape index (κ3) is 5.16. The highest BCUT2D eigenvalue weighted by atomic mass is 32.2. The van der Waals surface area contributed by atoms with E-state index in [1.54, 1.807) is 18.4 Å². The molecule has 2 N–H and O–H groups in total. The van der Waals surface area contributed by atoms with Crippen molar-refractivity contribution in [2.24, 2.45) is 0 Å². The quantitative estimate of drug-likeness (QED) is 0.521. The molecular formula is C22H27N3O2S2. The zero-order valence-electron chi connectivity index (χ0n) is 17.6. The number of aromatic nitrogens is 1. The lowest BCUT2D eigenvalue weighted by Crippen LogP contribution is -2.25. The van der Waals surface area contributed by atoms with E-state index in [9.17, 15) is 4.21 Å². The number of hydrogen-bond donors (Lipinski definition) is 2. The van der Waals surface area contributed by atoms with Gasteiger partial charge in [0.15, 0.2) is 16.1 Å². The Kier molecular flexibility index (Phi) is 6.29. The number of thiazole rings is 1. The van der Waals surface area contributed by atoms with Gasteiger partial charge < -0.3 is 14.8 Å². The van der Waals surface area contributed by atoms with Crippen LogP contribution in [0.4, 0.5) is 10.8 Å². The zero-order valence-corrected chi connectivity index (χ0v) is 19.3. The number of anilines is 2. The fraction of sp³-hybridized carbons (Fsp3) is 0.318. The second-order valence-electron chi connectivity index (χ2n) is 7.86. The Morgan fingerprint density at radius 1 is 1.10 bits per heavy atom. The fourth-order valence-electron chi connectivity index (χ4n) is 2.84.